The summed E-state index contributed by atoms with van der Waals surface area (Å²) in [5, 5.41) is 0. The Morgan fingerprint density at radius 2 is 2.50 bits per heavy atom. The minimum absolute atomic E-state index is 0. The molecule has 1 atom stereocenters. The smallest absolute Gasteiger partial charge is 0.0554 e. The van der Waals surface area contributed by atoms with Crippen LogP contribution >= 0.6 is 21.8 Å². The van der Waals surface area contributed by atoms with E-state index in [0.29, 0.717) is 5.49 Å². The first kappa shape index (κ1) is 6.13. The molecule has 0 amide bonds. The fraction of sp³-hybridized carbons (Fsp3) is 1.00. The van der Waals surface area contributed by atoms with Gasteiger partial charge < -0.3 is 0 Å². The van der Waals surface area contributed by atoms with E-state index in [1.54, 1.807) is 0 Å². The maximum absolute atomic E-state index is 6.40. The van der Waals surface area contributed by atoms with Crippen molar-refractivity contribution in [2.24, 2.45) is 0 Å². The second-order valence-corrected chi connectivity index (χ2v) is 1.42. The minimum atomic E-state index is 0. The van der Waals surface area contributed by atoms with Crippen LogP contribution in [0.15, 0.2) is 0 Å². The molecule has 4 heavy (non-hydrogen) atoms. The molecule has 0 aromatic carbocycles. The second-order valence-electron chi connectivity index (χ2n) is 0.158. The molecule has 0 bridgehead atoms. The molecule has 0 radical (unpaired) electrons. The Bertz CT molecular complexity index is 13.6. The molecule has 3 heteroatoms. The van der Waals surface area contributed by atoms with E-state index in [0.717, 1.165) is 0 Å². The normalized spacial score (nSPS) is 10.8. The van der Waals surface area contributed by atoms with Crippen LogP contribution in [0.4, 0.5) is 0 Å². The van der Waals surface area contributed by atoms with Crippen molar-refractivity contribution in [3.05, 3.63) is 0 Å². The van der Waals surface area contributed by atoms with Crippen molar-refractivity contribution in [1.82, 2.24) is 0 Å². The molecular formula is CH5NdPS. The predicted molar refractivity (Wildman–Crippen MR) is 23.6 cm³/mol. The van der Waals surface area contributed by atoms with E-state index >= 15 is 0 Å². The Kier molecular flexibility index (Phi) is 13.7. The fourth-order valence-electron chi connectivity index (χ4n) is 0. The van der Waals surface area contributed by atoms with Crippen LogP contribution in [0.25, 0.3) is 0 Å². The predicted octanol–water partition coefficient (Wildman–Crippen LogP) is 0.749. The van der Waals surface area contributed by atoms with Crippen LogP contribution in [0.5, 0.6) is 0 Å². The van der Waals surface area contributed by atoms with E-state index in [9.17, 15) is 0 Å². The minimum Gasteiger partial charge on any atom is -0.175 e. The van der Waals surface area contributed by atoms with Crippen LogP contribution < -0.4 is 0 Å². The van der Waals surface area contributed by atoms with Crippen LogP contribution in [0.1, 0.15) is 0 Å². The van der Waals surface area contributed by atoms with Gasteiger partial charge in [-0.1, -0.05) is 0 Å². The van der Waals surface area contributed by atoms with Crippen molar-refractivity contribution in [2.45, 2.75) is 0 Å². The molecule has 0 rings (SSSR count). The van der Waals surface area contributed by atoms with E-state index < -0.39 is 0 Å². The summed E-state index contributed by atoms with van der Waals surface area (Å²) in [5.74, 6) is 0. The third-order valence-corrected chi connectivity index (χ3v) is 0. The molecule has 0 aliphatic rings. The summed E-state index contributed by atoms with van der Waals surface area (Å²) in [7, 11) is 0.255. The monoisotopic (exact) mass is 224 g/mol. The van der Waals surface area contributed by atoms with Gasteiger partial charge in [-0.15, -0.1) is 9.18 Å². The van der Waals surface area contributed by atoms with Crippen molar-refractivity contribution < 1.29 is 40.8 Å². The van der Waals surface area contributed by atoms with Crippen molar-refractivity contribution >= 4 is 21.8 Å². The zero-order chi connectivity index (χ0) is 3.41. The topological polar surface area (TPSA) is 0 Å². The molecule has 0 heterocycles. The van der Waals surface area contributed by atoms with Gasteiger partial charge in [0, 0.05) is 46.3 Å². The number of thiol groups is 1. The molecule has 0 saturated carbocycles. The summed E-state index contributed by atoms with van der Waals surface area (Å²) in [4.78, 5) is 0. The largest absolute Gasteiger partial charge is 0.175 e. The van der Waals surface area contributed by atoms with Gasteiger partial charge in [-0.2, -0.15) is 12.6 Å². The molecule has 0 N–H and O–H groups in total. The number of hydrogen-bond donors (Lipinski definition) is 1. The van der Waals surface area contributed by atoms with E-state index in [-0.39, 0.29) is 50.0 Å². The molecule has 0 aliphatic heterocycles. The van der Waals surface area contributed by atoms with Crippen LogP contribution in [-0.2, 0) is 0 Å². The number of rotatable bonds is 1. The standard InChI is InChI=1S/CH5PS.Nd/c2-1-3;/h3H,1-2H2;/i2T;. The summed E-state index contributed by atoms with van der Waals surface area (Å²) < 4.78 is 6.40. The van der Waals surface area contributed by atoms with Crippen LogP contribution in [0.3, 0.4) is 0 Å². The van der Waals surface area contributed by atoms with E-state index in [1.165, 1.54) is 0 Å². The molecule has 24 valence electrons. The van der Waals surface area contributed by atoms with Gasteiger partial charge in [0.1, 0.15) is 0 Å². The average Bonchev–Trinajstić information content (AvgIpc) is 1.37. The average molecular weight is 226 g/mol. The first-order valence-corrected chi connectivity index (χ1v) is 2.01. The zero-order valence-corrected chi connectivity index (χ0v) is 7.26. The maximum atomic E-state index is 6.40. The third-order valence-electron chi connectivity index (χ3n) is 0. The van der Waals surface area contributed by atoms with E-state index in [1.807, 2.05) is 0 Å². The maximum Gasteiger partial charge on any atom is 0.0554 e. The van der Waals surface area contributed by atoms with E-state index in [4.69, 9.17) is 1.28 Å². The zero-order valence-electron chi connectivity index (χ0n) is 3.15. The van der Waals surface area contributed by atoms with Gasteiger partial charge in [-0.25, -0.2) is 0 Å². The Hall–Kier alpha value is 2.13. The van der Waals surface area contributed by atoms with Gasteiger partial charge in [0.05, 0.1) is 1.28 Å². The molecule has 0 nitrogen and oxygen atoms in total. The summed E-state index contributed by atoms with van der Waals surface area (Å²) in [6, 6.07) is 0. The molecule has 0 saturated heterocycles. The third kappa shape index (κ3) is 8.92. The van der Waals surface area contributed by atoms with Crippen LogP contribution in [0.2, 0.25) is 0 Å². The van der Waals surface area contributed by atoms with Gasteiger partial charge in [-0.05, 0) is 0 Å². The Labute approximate surface area is 68.5 Å². The summed E-state index contributed by atoms with van der Waals surface area (Å²) >= 11 is 3.75. The fourth-order valence-corrected chi connectivity index (χ4v) is 0. The Morgan fingerprint density at radius 1 is 2.25 bits per heavy atom. The molecule has 0 spiro atoms. The van der Waals surface area contributed by atoms with Crippen molar-refractivity contribution in [3.63, 3.8) is 0 Å². The quantitative estimate of drug-likeness (QED) is 0.495. The summed E-state index contributed by atoms with van der Waals surface area (Å²) in [5.41, 5.74) is 0.708. The second kappa shape index (κ2) is 8.93. The van der Waals surface area contributed by atoms with Crippen molar-refractivity contribution in [1.29, 1.82) is 1.28 Å². The van der Waals surface area contributed by atoms with E-state index in [2.05, 4.69) is 12.6 Å². The molecule has 1 unspecified atom stereocenters. The van der Waals surface area contributed by atoms with Gasteiger partial charge in [0.25, 0.3) is 0 Å². The van der Waals surface area contributed by atoms with Crippen molar-refractivity contribution in [2.75, 3.05) is 5.49 Å². The molecular weight excluding hydrogens is 219 g/mol. The first-order valence-electron chi connectivity index (χ1n) is 1.17. The SMILES string of the molecule is [3H]PCS.[Nd]. The van der Waals surface area contributed by atoms with Gasteiger partial charge in [0.2, 0.25) is 0 Å². The Balaban J connectivity index is 0. The van der Waals surface area contributed by atoms with Gasteiger partial charge in [0.15, 0.2) is 0 Å². The number of hydrogen-bond acceptors (Lipinski definition) is 1. The van der Waals surface area contributed by atoms with Crippen molar-refractivity contribution in [3.8, 4) is 0 Å². The molecule has 0 aromatic heterocycles. The van der Waals surface area contributed by atoms with Gasteiger partial charge >= 0.3 is 0 Å². The molecule has 0 fully saturated rings. The van der Waals surface area contributed by atoms with Crippen LogP contribution in [0, 0.1) is 40.8 Å². The van der Waals surface area contributed by atoms with Crippen LogP contribution in [-0.4, -0.2) is 6.77 Å². The molecule has 0 aromatic rings. The Morgan fingerprint density at radius 3 is 2.50 bits per heavy atom. The molecule has 0 aliphatic carbocycles. The first-order chi connectivity index (χ1) is 1.91. The summed E-state index contributed by atoms with van der Waals surface area (Å²) in [6.45, 7) is 0. The summed E-state index contributed by atoms with van der Waals surface area (Å²) in [6.07, 6.45) is 0. The van der Waals surface area contributed by atoms with Gasteiger partial charge in [-0.3, -0.25) is 0 Å².